The van der Waals surface area contributed by atoms with Crippen molar-refractivity contribution in [2.45, 2.75) is 19.7 Å². The normalized spacial score (nSPS) is 11.0. The average molecular weight is 232 g/mol. The van der Waals surface area contributed by atoms with Gasteiger partial charge in [0.25, 0.3) is 0 Å². The van der Waals surface area contributed by atoms with Crippen LogP contribution in [0, 0.1) is 0 Å². The standard InChI is InChI=1S/C13H16N2O2/c1-15(8-11-4-6-14-7-5-11)9-12-2-3-13(10-16)17-12/h2-7,16H,8-10H2,1H3. The molecule has 0 aromatic carbocycles. The summed E-state index contributed by atoms with van der Waals surface area (Å²) in [7, 11) is 2.03. The summed E-state index contributed by atoms with van der Waals surface area (Å²) in [5.41, 5.74) is 1.22. The lowest BCUT2D eigenvalue weighted by atomic mass is 10.2. The molecule has 0 radical (unpaired) electrons. The molecular weight excluding hydrogens is 216 g/mol. The van der Waals surface area contributed by atoms with Crippen LogP contribution in [0.4, 0.5) is 0 Å². The van der Waals surface area contributed by atoms with Crippen molar-refractivity contribution in [1.82, 2.24) is 9.88 Å². The molecule has 0 bridgehead atoms. The van der Waals surface area contributed by atoms with Gasteiger partial charge in [0.15, 0.2) is 0 Å². The fraction of sp³-hybridized carbons (Fsp3) is 0.308. The molecule has 2 rings (SSSR count). The van der Waals surface area contributed by atoms with Crippen molar-refractivity contribution in [3.8, 4) is 0 Å². The molecule has 4 nitrogen and oxygen atoms in total. The van der Waals surface area contributed by atoms with Gasteiger partial charge in [-0.15, -0.1) is 0 Å². The van der Waals surface area contributed by atoms with E-state index in [9.17, 15) is 0 Å². The Balaban J connectivity index is 1.91. The zero-order valence-electron chi connectivity index (χ0n) is 9.84. The summed E-state index contributed by atoms with van der Waals surface area (Å²) in [5.74, 6) is 1.47. The van der Waals surface area contributed by atoms with Gasteiger partial charge >= 0.3 is 0 Å². The molecule has 0 fully saturated rings. The topological polar surface area (TPSA) is 49.5 Å². The number of aliphatic hydroxyl groups is 1. The Hall–Kier alpha value is -1.65. The molecule has 0 aliphatic rings. The van der Waals surface area contributed by atoms with Crippen molar-refractivity contribution in [1.29, 1.82) is 0 Å². The van der Waals surface area contributed by atoms with E-state index in [0.717, 1.165) is 18.8 Å². The Labute approximate surface area is 101 Å². The summed E-state index contributed by atoms with van der Waals surface area (Å²) in [6, 6.07) is 7.69. The van der Waals surface area contributed by atoms with Crippen molar-refractivity contribution in [3.63, 3.8) is 0 Å². The minimum absolute atomic E-state index is 0.0476. The Morgan fingerprint density at radius 3 is 2.47 bits per heavy atom. The largest absolute Gasteiger partial charge is 0.462 e. The van der Waals surface area contributed by atoms with Gasteiger partial charge in [0, 0.05) is 18.9 Å². The van der Waals surface area contributed by atoms with Crippen LogP contribution in [0.15, 0.2) is 41.1 Å². The zero-order chi connectivity index (χ0) is 12.1. The molecule has 17 heavy (non-hydrogen) atoms. The quantitative estimate of drug-likeness (QED) is 0.854. The summed E-state index contributed by atoms with van der Waals surface area (Å²) >= 11 is 0. The Morgan fingerprint density at radius 1 is 1.12 bits per heavy atom. The lowest BCUT2D eigenvalue weighted by Crippen LogP contribution is -2.16. The van der Waals surface area contributed by atoms with Crippen molar-refractivity contribution in [2.75, 3.05) is 7.05 Å². The maximum Gasteiger partial charge on any atom is 0.129 e. The lowest BCUT2D eigenvalue weighted by molar-refractivity contribution is 0.231. The lowest BCUT2D eigenvalue weighted by Gasteiger charge is -2.14. The molecule has 0 saturated heterocycles. The minimum atomic E-state index is -0.0476. The molecule has 1 N–H and O–H groups in total. The highest BCUT2D eigenvalue weighted by Crippen LogP contribution is 2.11. The number of aliphatic hydroxyl groups excluding tert-OH is 1. The molecule has 0 atom stereocenters. The van der Waals surface area contributed by atoms with Gasteiger partial charge < -0.3 is 9.52 Å². The van der Waals surface area contributed by atoms with Gasteiger partial charge in [-0.1, -0.05) is 0 Å². The van der Waals surface area contributed by atoms with Gasteiger partial charge in [-0.05, 0) is 36.9 Å². The van der Waals surface area contributed by atoms with Crippen LogP contribution in [-0.2, 0) is 19.7 Å². The smallest absolute Gasteiger partial charge is 0.129 e. The van der Waals surface area contributed by atoms with Crippen LogP contribution in [0.5, 0.6) is 0 Å². The van der Waals surface area contributed by atoms with Crippen LogP contribution < -0.4 is 0 Å². The molecule has 0 spiro atoms. The number of aromatic nitrogens is 1. The predicted molar refractivity (Wildman–Crippen MR) is 64.0 cm³/mol. The van der Waals surface area contributed by atoms with Crippen molar-refractivity contribution in [3.05, 3.63) is 53.7 Å². The first-order valence-corrected chi connectivity index (χ1v) is 5.54. The molecule has 0 amide bonds. The van der Waals surface area contributed by atoms with Gasteiger partial charge in [0.05, 0.1) is 6.54 Å². The summed E-state index contributed by atoms with van der Waals surface area (Å²) in [4.78, 5) is 6.13. The maximum absolute atomic E-state index is 8.91. The van der Waals surface area contributed by atoms with E-state index in [4.69, 9.17) is 9.52 Å². The highest BCUT2D eigenvalue weighted by atomic mass is 16.4. The van der Waals surface area contributed by atoms with E-state index in [2.05, 4.69) is 9.88 Å². The van der Waals surface area contributed by atoms with Crippen LogP contribution in [-0.4, -0.2) is 22.0 Å². The SMILES string of the molecule is CN(Cc1ccncc1)Cc1ccc(CO)o1. The summed E-state index contributed by atoms with van der Waals surface area (Å²) in [6.45, 7) is 1.52. The number of pyridine rings is 1. The molecule has 90 valence electrons. The van der Waals surface area contributed by atoms with E-state index < -0.39 is 0 Å². The van der Waals surface area contributed by atoms with Crippen LogP contribution in [0.1, 0.15) is 17.1 Å². The van der Waals surface area contributed by atoms with Crippen molar-refractivity contribution in [2.24, 2.45) is 0 Å². The van der Waals surface area contributed by atoms with Gasteiger partial charge in [-0.25, -0.2) is 0 Å². The Kier molecular flexibility index (Phi) is 3.90. The second kappa shape index (κ2) is 5.61. The molecule has 0 saturated carbocycles. The monoisotopic (exact) mass is 232 g/mol. The van der Waals surface area contributed by atoms with Gasteiger partial charge in [-0.3, -0.25) is 9.88 Å². The number of nitrogens with zero attached hydrogens (tertiary/aromatic N) is 2. The highest BCUT2D eigenvalue weighted by Gasteiger charge is 2.05. The van der Waals surface area contributed by atoms with E-state index in [1.807, 2.05) is 25.2 Å². The number of rotatable bonds is 5. The molecular formula is C13H16N2O2. The van der Waals surface area contributed by atoms with Crippen LogP contribution in [0.2, 0.25) is 0 Å². The molecule has 2 heterocycles. The summed E-state index contributed by atoms with van der Waals surface area (Å²) < 4.78 is 5.44. The highest BCUT2D eigenvalue weighted by molar-refractivity contribution is 5.10. The molecule has 0 aliphatic carbocycles. The first kappa shape index (κ1) is 11.8. The second-order valence-electron chi connectivity index (χ2n) is 4.05. The summed E-state index contributed by atoms with van der Waals surface area (Å²) in [6.07, 6.45) is 3.58. The van der Waals surface area contributed by atoms with E-state index in [1.165, 1.54) is 5.56 Å². The fourth-order valence-corrected chi connectivity index (χ4v) is 1.71. The molecule has 2 aromatic rings. The van der Waals surface area contributed by atoms with Crippen molar-refractivity contribution < 1.29 is 9.52 Å². The van der Waals surface area contributed by atoms with Crippen LogP contribution >= 0.6 is 0 Å². The Morgan fingerprint density at radius 2 is 1.82 bits per heavy atom. The first-order valence-electron chi connectivity index (χ1n) is 5.54. The number of furan rings is 1. The van der Waals surface area contributed by atoms with Gasteiger partial charge in [0.2, 0.25) is 0 Å². The number of hydrogen-bond donors (Lipinski definition) is 1. The first-order chi connectivity index (χ1) is 8.28. The van der Waals surface area contributed by atoms with Gasteiger partial charge in [0.1, 0.15) is 18.1 Å². The average Bonchev–Trinajstić information content (AvgIpc) is 2.78. The third-order valence-corrected chi connectivity index (χ3v) is 2.50. The van der Waals surface area contributed by atoms with Crippen LogP contribution in [0.3, 0.4) is 0 Å². The van der Waals surface area contributed by atoms with Crippen LogP contribution in [0.25, 0.3) is 0 Å². The second-order valence-corrected chi connectivity index (χ2v) is 4.05. The minimum Gasteiger partial charge on any atom is -0.462 e. The van der Waals surface area contributed by atoms with E-state index in [1.54, 1.807) is 18.5 Å². The predicted octanol–water partition coefficient (Wildman–Crippen LogP) is 1.80. The molecule has 0 aliphatic heterocycles. The summed E-state index contributed by atoms with van der Waals surface area (Å²) in [5, 5.41) is 8.91. The molecule has 0 unspecified atom stereocenters. The fourth-order valence-electron chi connectivity index (χ4n) is 1.71. The molecule has 2 aromatic heterocycles. The van der Waals surface area contributed by atoms with Crippen molar-refractivity contribution >= 4 is 0 Å². The number of hydrogen-bond acceptors (Lipinski definition) is 4. The molecule has 4 heteroatoms. The van der Waals surface area contributed by atoms with E-state index >= 15 is 0 Å². The Bertz CT molecular complexity index is 453. The third-order valence-electron chi connectivity index (χ3n) is 2.50. The maximum atomic E-state index is 8.91. The van der Waals surface area contributed by atoms with E-state index in [0.29, 0.717) is 5.76 Å². The van der Waals surface area contributed by atoms with Gasteiger partial charge in [-0.2, -0.15) is 0 Å². The third kappa shape index (κ3) is 3.41. The van der Waals surface area contributed by atoms with E-state index in [-0.39, 0.29) is 6.61 Å². The zero-order valence-corrected chi connectivity index (χ0v) is 9.84.